The molecule has 0 amide bonds. The van der Waals surface area contributed by atoms with E-state index >= 15 is 0 Å². The molecular weight excluding hydrogens is 336 g/mol. The van der Waals surface area contributed by atoms with E-state index in [1.54, 1.807) is 0 Å². The molecule has 0 bridgehead atoms. The maximum absolute atomic E-state index is 9.14. The Morgan fingerprint density at radius 1 is 1.07 bits per heavy atom. The van der Waals surface area contributed by atoms with Gasteiger partial charge in [0.2, 0.25) is 0 Å². The highest BCUT2D eigenvalue weighted by atomic mass is 15.3. The van der Waals surface area contributed by atoms with Crippen LogP contribution in [0.25, 0.3) is 0 Å². The fourth-order valence-electron chi connectivity index (χ4n) is 4.58. The highest BCUT2D eigenvalue weighted by molar-refractivity contribution is 5.48. The molecule has 0 saturated carbocycles. The van der Waals surface area contributed by atoms with Gasteiger partial charge in [0, 0.05) is 25.7 Å². The van der Waals surface area contributed by atoms with Gasteiger partial charge in [0.05, 0.1) is 17.0 Å². The largest absolute Gasteiger partial charge is 0.355 e. The van der Waals surface area contributed by atoms with Crippen LogP contribution in [0.2, 0.25) is 0 Å². The van der Waals surface area contributed by atoms with E-state index in [1.165, 1.54) is 19.3 Å². The first kappa shape index (κ1) is 17.7. The highest BCUT2D eigenvalue weighted by Crippen LogP contribution is 2.45. The van der Waals surface area contributed by atoms with Crippen molar-refractivity contribution in [2.45, 2.75) is 46.1 Å². The summed E-state index contributed by atoms with van der Waals surface area (Å²) in [7, 11) is 0. The van der Waals surface area contributed by atoms with Crippen molar-refractivity contribution in [1.29, 1.82) is 5.26 Å². The number of piperidine rings is 1. The van der Waals surface area contributed by atoms with E-state index in [4.69, 9.17) is 10.2 Å². The second-order valence-electron chi connectivity index (χ2n) is 8.12. The summed E-state index contributed by atoms with van der Waals surface area (Å²) in [6.45, 7) is 9.27. The fraction of sp³-hybridized carbons (Fsp3) is 0.524. The normalized spacial score (nSPS) is 21.5. The smallest absolute Gasteiger partial charge is 0.151 e. The predicted octanol–water partition coefficient (Wildman–Crippen LogP) is 3.25. The molecule has 1 atom stereocenters. The summed E-state index contributed by atoms with van der Waals surface area (Å²) in [5, 5.41) is 17.7. The van der Waals surface area contributed by atoms with E-state index in [0.717, 1.165) is 42.7 Å². The molecule has 0 aliphatic carbocycles. The van der Waals surface area contributed by atoms with E-state index in [0.29, 0.717) is 17.0 Å². The van der Waals surface area contributed by atoms with Gasteiger partial charge in [-0.1, -0.05) is 0 Å². The van der Waals surface area contributed by atoms with Gasteiger partial charge in [0.1, 0.15) is 11.9 Å². The van der Waals surface area contributed by atoms with Crippen molar-refractivity contribution in [1.82, 2.24) is 15.2 Å². The number of aromatic nitrogens is 3. The Morgan fingerprint density at radius 3 is 2.44 bits per heavy atom. The van der Waals surface area contributed by atoms with Crippen LogP contribution in [-0.4, -0.2) is 40.9 Å². The van der Waals surface area contributed by atoms with Crippen LogP contribution < -0.4 is 9.80 Å². The summed E-state index contributed by atoms with van der Waals surface area (Å²) in [6.07, 6.45) is 3.53. The maximum atomic E-state index is 9.14. The summed E-state index contributed by atoms with van der Waals surface area (Å²) < 4.78 is 0. The van der Waals surface area contributed by atoms with Gasteiger partial charge in [-0.05, 0) is 69.7 Å². The van der Waals surface area contributed by atoms with Crippen molar-refractivity contribution < 1.29 is 0 Å². The molecule has 0 radical (unpaired) electrons. The predicted molar refractivity (Wildman–Crippen MR) is 106 cm³/mol. The van der Waals surface area contributed by atoms with Crippen LogP contribution in [0.15, 0.2) is 24.3 Å². The minimum Gasteiger partial charge on any atom is -0.355 e. The Kier molecular flexibility index (Phi) is 4.47. The number of anilines is 2. The minimum absolute atomic E-state index is 0.345. The van der Waals surface area contributed by atoms with Crippen LogP contribution >= 0.6 is 0 Å². The fourth-order valence-corrected chi connectivity index (χ4v) is 4.58. The van der Waals surface area contributed by atoms with Gasteiger partial charge in [-0.25, -0.2) is 4.98 Å². The Morgan fingerprint density at radius 2 is 1.81 bits per heavy atom. The van der Waals surface area contributed by atoms with Crippen LogP contribution in [0.5, 0.6) is 0 Å². The molecule has 2 saturated heterocycles. The zero-order valence-electron chi connectivity index (χ0n) is 16.3. The van der Waals surface area contributed by atoms with E-state index in [2.05, 4.69) is 39.1 Å². The van der Waals surface area contributed by atoms with Crippen molar-refractivity contribution in [2.24, 2.45) is 5.41 Å². The molecule has 4 heterocycles. The molecule has 0 N–H and O–H groups in total. The Labute approximate surface area is 160 Å². The zero-order valence-corrected chi connectivity index (χ0v) is 16.3. The molecule has 2 aromatic rings. The second kappa shape index (κ2) is 6.80. The third kappa shape index (κ3) is 3.34. The summed E-state index contributed by atoms with van der Waals surface area (Å²) in [5.74, 6) is 1.99. The Hall–Kier alpha value is -2.68. The molecule has 6 heteroatoms. The van der Waals surface area contributed by atoms with Crippen LogP contribution in [0.3, 0.4) is 0 Å². The van der Waals surface area contributed by atoms with E-state index in [9.17, 15) is 0 Å². The number of nitriles is 1. The quantitative estimate of drug-likeness (QED) is 0.817. The van der Waals surface area contributed by atoms with Crippen LogP contribution in [0, 0.1) is 30.6 Å². The first-order chi connectivity index (χ1) is 13.0. The molecule has 2 aliphatic rings. The summed E-state index contributed by atoms with van der Waals surface area (Å²) >= 11 is 0. The van der Waals surface area contributed by atoms with Crippen LogP contribution in [0.1, 0.15) is 43.1 Å². The molecule has 0 aromatic carbocycles. The molecule has 0 unspecified atom stereocenters. The van der Waals surface area contributed by atoms with Gasteiger partial charge in [-0.15, -0.1) is 5.10 Å². The average molecular weight is 362 g/mol. The number of hydrogen-bond donors (Lipinski definition) is 0. The summed E-state index contributed by atoms with van der Waals surface area (Å²) in [6, 6.07) is 10.7. The number of rotatable bonds is 2. The average Bonchev–Trinajstić information content (AvgIpc) is 2.99. The van der Waals surface area contributed by atoms with Gasteiger partial charge in [0.15, 0.2) is 5.82 Å². The number of hydrogen-bond acceptors (Lipinski definition) is 6. The molecular formula is C21H26N6. The lowest BCUT2D eigenvalue weighted by atomic mass is 9.77. The monoisotopic (exact) mass is 362 g/mol. The molecule has 4 rings (SSSR count). The molecule has 2 aliphatic heterocycles. The topological polar surface area (TPSA) is 68.9 Å². The van der Waals surface area contributed by atoms with Crippen molar-refractivity contribution in [3.8, 4) is 6.07 Å². The number of aryl methyl sites for hydroxylation is 2. The van der Waals surface area contributed by atoms with Crippen LogP contribution in [-0.2, 0) is 0 Å². The van der Waals surface area contributed by atoms with Gasteiger partial charge < -0.3 is 9.80 Å². The molecule has 6 nitrogen and oxygen atoms in total. The SMILES string of the molecule is Cc1ccc(N2CCC3(CC2)C[C@H](C)N(c2ccc(C#N)c(C)n2)C3)nn1. The van der Waals surface area contributed by atoms with Crippen molar-refractivity contribution in [3.63, 3.8) is 0 Å². The molecule has 2 fully saturated rings. The third-order valence-electron chi connectivity index (χ3n) is 6.18. The van der Waals surface area contributed by atoms with E-state index in [-0.39, 0.29) is 0 Å². The molecule has 140 valence electrons. The highest BCUT2D eigenvalue weighted by Gasteiger charge is 2.44. The standard InChI is InChI=1S/C21H26N6/c1-15-4-6-20(25-24-15)26-10-8-21(9-11-26)12-16(2)27(14-21)19-7-5-18(13-22)17(3)23-19/h4-7,16H,8-12,14H2,1-3H3/t16-/m0/s1. The number of pyridine rings is 1. The Balaban J connectivity index is 1.46. The lowest BCUT2D eigenvalue weighted by molar-refractivity contribution is 0.244. The van der Waals surface area contributed by atoms with Gasteiger partial charge in [-0.3, -0.25) is 0 Å². The van der Waals surface area contributed by atoms with E-state index < -0.39 is 0 Å². The maximum Gasteiger partial charge on any atom is 0.151 e. The third-order valence-corrected chi connectivity index (χ3v) is 6.18. The van der Waals surface area contributed by atoms with Crippen molar-refractivity contribution in [3.05, 3.63) is 41.2 Å². The first-order valence-corrected chi connectivity index (χ1v) is 9.69. The van der Waals surface area contributed by atoms with Crippen LogP contribution in [0.4, 0.5) is 11.6 Å². The summed E-state index contributed by atoms with van der Waals surface area (Å²) in [5.41, 5.74) is 2.78. The minimum atomic E-state index is 0.345. The zero-order chi connectivity index (χ0) is 19.0. The first-order valence-electron chi connectivity index (χ1n) is 9.69. The van der Waals surface area contributed by atoms with Crippen molar-refractivity contribution in [2.75, 3.05) is 29.4 Å². The lowest BCUT2D eigenvalue weighted by Gasteiger charge is -2.39. The van der Waals surface area contributed by atoms with E-state index in [1.807, 2.05) is 32.0 Å². The molecule has 2 aromatic heterocycles. The number of nitrogens with zero attached hydrogens (tertiary/aromatic N) is 6. The summed E-state index contributed by atoms with van der Waals surface area (Å²) in [4.78, 5) is 9.48. The molecule has 27 heavy (non-hydrogen) atoms. The second-order valence-corrected chi connectivity index (χ2v) is 8.12. The van der Waals surface area contributed by atoms with Gasteiger partial charge in [0.25, 0.3) is 0 Å². The lowest BCUT2D eigenvalue weighted by Crippen LogP contribution is -2.42. The van der Waals surface area contributed by atoms with Crippen molar-refractivity contribution >= 4 is 11.6 Å². The van der Waals surface area contributed by atoms with Gasteiger partial charge in [-0.2, -0.15) is 10.4 Å². The Bertz CT molecular complexity index is 861. The molecule has 1 spiro atoms. The van der Waals surface area contributed by atoms with Gasteiger partial charge >= 0.3 is 0 Å².